The lowest BCUT2D eigenvalue weighted by molar-refractivity contribution is -0.135. The van der Waals surface area contributed by atoms with E-state index in [1.54, 1.807) is 13.0 Å². The second-order valence-electron chi connectivity index (χ2n) is 2.96. The van der Waals surface area contributed by atoms with Crippen LogP contribution in [0.4, 0.5) is 0 Å². The number of phenols is 2. The molecule has 0 fully saturated rings. The van der Waals surface area contributed by atoms with Gasteiger partial charge in [-0.2, -0.15) is 0 Å². The van der Waals surface area contributed by atoms with Gasteiger partial charge in [0.05, 0.1) is 0 Å². The molecule has 0 saturated carbocycles. The molecule has 0 aliphatic heterocycles. The Morgan fingerprint density at radius 1 is 0.941 bits per heavy atom. The Kier molecular flexibility index (Phi) is 9.11. The first kappa shape index (κ1) is 17.2. The Balaban J connectivity index is 0. The molecule has 4 N–H and O–H groups in total. The van der Waals surface area contributed by atoms with Crippen molar-refractivity contribution in [3.63, 3.8) is 0 Å². The molecule has 1 aromatic carbocycles. The molecule has 6 heteroatoms. The first-order valence-corrected chi connectivity index (χ1v) is 4.55. The van der Waals surface area contributed by atoms with Gasteiger partial charge in [0.15, 0.2) is 0 Å². The molecular weight excluding hydrogens is 228 g/mol. The van der Waals surface area contributed by atoms with Gasteiger partial charge in [0.2, 0.25) is 0 Å². The van der Waals surface area contributed by atoms with Gasteiger partial charge in [-0.15, -0.1) is 0 Å². The minimum atomic E-state index is -0.833. The highest BCUT2D eigenvalue weighted by Crippen LogP contribution is 2.23. The number of benzene rings is 1. The topological polar surface area (TPSA) is 115 Å². The minimum absolute atomic E-state index is 0.134. The maximum absolute atomic E-state index is 9.00. The Morgan fingerprint density at radius 3 is 1.35 bits per heavy atom. The number of aliphatic carboxylic acids is 2. The highest BCUT2D eigenvalue weighted by atomic mass is 16.4. The van der Waals surface area contributed by atoms with Crippen molar-refractivity contribution in [3.8, 4) is 11.5 Å². The zero-order chi connectivity index (χ0) is 14.0. The van der Waals surface area contributed by atoms with Crippen LogP contribution in [0.3, 0.4) is 0 Å². The van der Waals surface area contributed by atoms with E-state index in [9.17, 15) is 0 Å². The second kappa shape index (κ2) is 9.02. The van der Waals surface area contributed by atoms with Crippen LogP contribution in [0.1, 0.15) is 19.4 Å². The van der Waals surface area contributed by atoms with Crippen molar-refractivity contribution < 1.29 is 30.0 Å². The quantitative estimate of drug-likeness (QED) is 0.550. The molecule has 96 valence electrons. The molecule has 0 aromatic heterocycles. The summed E-state index contributed by atoms with van der Waals surface area (Å²) in [7, 11) is 0. The number of rotatable bonds is 0. The Bertz CT molecular complexity index is 332. The molecule has 0 atom stereocenters. The summed E-state index contributed by atoms with van der Waals surface area (Å²) in [6, 6.07) is 4.67. The van der Waals surface area contributed by atoms with Gasteiger partial charge in [0, 0.05) is 19.4 Å². The van der Waals surface area contributed by atoms with Crippen molar-refractivity contribution in [2.24, 2.45) is 0 Å². The lowest BCUT2D eigenvalue weighted by atomic mass is 10.2. The predicted octanol–water partition coefficient (Wildman–Crippen LogP) is 1.59. The van der Waals surface area contributed by atoms with Crippen molar-refractivity contribution >= 4 is 11.9 Å². The van der Waals surface area contributed by atoms with Gasteiger partial charge in [-0.3, -0.25) is 9.59 Å². The van der Waals surface area contributed by atoms with Crippen LogP contribution in [0, 0.1) is 6.92 Å². The zero-order valence-electron chi connectivity index (χ0n) is 9.84. The van der Waals surface area contributed by atoms with Crippen LogP contribution in [-0.4, -0.2) is 32.4 Å². The van der Waals surface area contributed by atoms with Gasteiger partial charge in [-0.25, -0.2) is 0 Å². The first-order valence-electron chi connectivity index (χ1n) is 4.55. The molecule has 0 bridgehead atoms. The summed E-state index contributed by atoms with van der Waals surface area (Å²) in [5.74, 6) is -1.40. The molecule has 0 spiro atoms. The third kappa shape index (κ3) is 13.8. The lowest BCUT2D eigenvalue weighted by Gasteiger charge is -1.98. The van der Waals surface area contributed by atoms with Crippen molar-refractivity contribution in [1.82, 2.24) is 0 Å². The lowest BCUT2D eigenvalue weighted by Crippen LogP contribution is -1.78. The standard InChI is InChI=1S/C7H8O2.2C2H4O2/c1-5-6(8)3-2-4-7(5)9;2*1-2(3)4/h2-4,8-9H,1H3;2*1H3,(H,3,4). The molecule has 0 heterocycles. The third-order valence-corrected chi connectivity index (χ3v) is 1.28. The summed E-state index contributed by atoms with van der Waals surface area (Å²) < 4.78 is 0. The average molecular weight is 244 g/mol. The number of hydrogen-bond acceptors (Lipinski definition) is 4. The summed E-state index contributed by atoms with van der Waals surface area (Å²) in [4.78, 5) is 18.0. The maximum Gasteiger partial charge on any atom is 0.300 e. The van der Waals surface area contributed by atoms with Gasteiger partial charge in [-0.05, 0) is 19.1 Å². The predicted molar refractivity (Wildman–Crippen MR) is 61.1 cm³/mol. The van der Waals surface area contributed by atoms with E-state index in [0.29, 0.717) is 5.56 Å². The van der Waals surface area contributed by atoms with Gasteiger partial charge >= 0.3 is 0 Å². The molecular formula is C11H16O6. The Hall–Kier alpha value is -2.24. The number of phenolic OH excluding ortho intramolecular Hbond substituents is 2. The molecule has 0 aliphatic rings. The fourth-order valence-electron chi connectivity index (χ4n) is 0.612. The van der Waals surface area contributed by atoms with E-state index in [1.807, 2.05) is 0 Å². The van der Waals surface area contributed by atoms with Crippen LogP contribution >= 0.6 is 0 Å². The Labute approximate surface area is 98.8 Å². The second-order valence-corrected chi connectivity index (χ2v) is 2.96. The van der Waals surface area contributed by atoms with E-state index in [1.165, 1.54) is 12.1 Å². The number of carbonyl (C=O) groups is 2. The number of carboxylic acids is 2. The largest absolute Gasteiger partial charge is 0.508 e. The summed E-state index contributed by atoms with van der Waals surface area (Å²) in [5, 5.41) is 32.7. The van der Waals surface area contributed by atoms with Crippen molar-refractivity contribution in [2.45, 2.75) is 20.8 Å². The molecule has 0 amide bonds. The van der Waals surface area contributed by atoms with Crippen molar-refractivity contribution in [2.75, 3.05) is 0 Å². The summed E-state index contributed by atoms with van der Waals surface area (Å²) in [6.07, 6.45) is 0. The monoisotopic (exact) mass is 244 g/mol. The molecule has 1 rings (SSSR count). The highest BCUT2D eigenvalue weighted by molar-refractivity contribution is 5.63. The van der Waals surface area contributed by atoms with E-state index in [-0.39, 0.29) is 11.5 Å². The molecule has 0 aliphatic carbocycles. The first-order chi connectivity index (χ1) is 7.68. The number of hydrogen-bond donors (Lipinski definition) is 4. The Morgan fingerprint density at radius 2 is 1.18 bits per heavy atom. The third-order valence-electron chi connectivity index (χ3n) is 1.28. The van der Waals surface area contributed by atoms with Crippen LogP contribution < -0.4 is 0 Å². The van der Waals surface area contributed by atoms with E-state index in [2.05, 4.69) is 0 Å². The molecule has 6 nitrogen and oxygen atoms in total. The fourth-order valence-corrected chi connectivity index (χ4v) is 0.612. The minimum Gasteiger partial charge on any atom is -0.508 e. The van der Waals surface area contributed by atoms with E-state index < -0.39 is 11.9 Å². The smallest absolute Gasteiger partial charge is 0.300 e. The summed E-state index contributed by atoms with van der Waals surface area (Å²) in [5.41, 5.74) is 0.525. The van der Waals surface area contributed by atoms with Crippen LogP contribution in [0.2, 0.25) is 0 Å². The molecule has 17 heavy (non-hydrogen) atoms. The van der Waals surface area contributed by atoms with Gasteiger partial charge in [0.1, 0.15) is 11.5 Å². The van der Waals surface area contributed by atoms with E-state index in [0.717, 1.165) is 13.8 Å². The SMILES string of the molecule is CC(=O)O.CC(=O)O.Cc1c(O)cccc1O. The average Bonchev–Trinajstić information content (AvgIpc) is 2.12. The highest BCUT2D eigenvalue weighted by Gasteiger charge is 1.97. The maximum atomic E-state index is 9.00. The summed E-state index contributed by atoms with van der Waals surface area (Å²) in [6.45, 7) is 3.82. The fraction of sp³-hybridized carbons (Fsp3) is 0.273. The number of aromatic hydroxyl groups is 2. The normalized spacial score (nSPS) is 7.94. The van der Waals surface area contributed by atoms with E-state index in [4.69, 9.17) is 30.0 Å². The van der Waals surface area contributed by atoms with Crippen LogP contribution in [0.5, 0.6) is 11.5 Å². The number of carboxylic acid groups (broad SMARTS) is 2. The van der Waals surface area contributed by atoms with Crippen LogP contribution in [0.25, 0.3) is 0 Å². The van der Waals surface area contributed by atoms with Gasteiger partial charge < -0.3 is 20.4 Å². The molecule has 0 unspecified atom stereocenters. The van der Waals surface area contributed by atoms with Crippen molar-refractivity contribution in [3.05, 3.63) is 23.8 Å². The van der Waals surface area contributed by atoms with Gasteiger partial charge in [-0.1, -0.05) is 6.07 Å². The zero-order valence-corrected chi connectivity index (χ0v) is 9.84. The van der Waals surface area contributed by atoms with Gasteiger partial charge in [0.25, 0.3) is 11.9 Å². The van der Waals surface area contributed by atoms with Crippen LogP contribution in [0.15, 0.2) is 18.2 Å². The van der Waals surface area contributed by atoms with Crippen molar-refractivity contribution in [1.29, 1.82) is 0 Å². The molecule has 0 radical (unpaired) electrons. The molecule has 1 aromatic rings. The molecule has 0 saturated heterocycles. The summed E-state index contributed by atoms with van der Waals surface area (Å²) >= 11 is 0. The van der Waals surface area contributed by atoms with Crippen LogP contribution in [-0.2, 0) is 9.59 Å². The van der Waals surface area contributed by atoms with E-state index >= 15 is 0 Å².